The monoisotopic (exact) mass is 487 g/mol. The average molecular weight is 488 g/mol. The Bertz CT molecular complexity index is 1160. The van der Waals surface area contributed by atoms with Crippen molar-refractivity contribution in [2.24, 2.45) is 5.92 Å². The predicted octanol–water partition coefficient (Wildman–Crippen LogP) is 8.93. The molecule has 0 atom stereocenters. The summed E-state index contributed by atoms with van der Waals surface area (Å²) in [5.74, 6) is 0.126. The molecule has 0 N–H and O–H groups in total. The van der Waals surface area contributed by atoms with Crippen LogP contribution in [-0.4, -0.2) is 8.80 Å². The highest BCUT2D eigenvalue weighted by Gasteiger charge is 2.22. The smallest absolute Gasteiger partial charge is 0.141 e. The first-order valence-corrected chi connectivity index (χ1v) is 15.6. The molecule has 0 amide bonds. The van der Waals surface area contributed by atoms with Crippen LogP contribution >= 0.6 is 0 Å². The van der Waals surface area contributed by atoms with Crippen molar-refractivity contribution in [1.29, 1.82) is 5.26 Å². The number of hydrogen-bond donors (Lipinski definition) is 0. The van der Waals surface area contributed by atoms with E-state index in [9.17, 15) is 8.78 Å². The van der Waals surface area contributed by atoms with Crippen molar-refractivity contribution in [1.82, 2.24) is 0 Å². The first-order chi connectivity index (χ1) is 17.1. The van der Waals surface area contributed by atoms with Crippen molar-refractivity contribution in [3.05, 3.63) is 83.4 Å². The molecule has 3 aromatic carbocycles. The quantitative estimate of drug-likeness (QED) is 0.218. The molecule has 1 nitrogen and oxygen atoms in total. The van der Waals surface area contributed by atoms with Crippen molar-refractivity contribution in [3.8, 4) is 28.3 Å². The molecule has 0 aliphatic carbocycles. The van der Waals surface area contributed by atoms with Crippen LogP contribution in [-0.2, 0) is 6.42 Å². The Morgan fingerprint density at radius 2 is 1.43 bits per heavy atom. The molecular formula is C31H35F2NSi. The standard InChI is InChI=1S/C31H35F2NSi/c1-2-3-4-17-35-18-15-23(16-19-35)5-6-26-11-12-27(20-30(26)32)24-7-9-25(10-8-24)28-13-14-29(22-34)31(33)21-28/h7-14,20-21,23,35H,2-6,15-19H2,1H3/t23-,35-. The van der Waals surface area contributed by atoms with Gasteiger partial charge in [0.1, 0.15) is 17.7 Å². The minimum Gasteiger partial charge on any atom is -0.207 e. The van der Waals surface area contributed by atoms with Gasteiger partial charge in [-0.25, -0.2) is 8.78 Å². The fourth-order valence-electron chi connectivity index (χ4n) is 5.42. The molecule has 1 heterocycles. The fraction of sp³-hybridized carbons (Fsp3) is 0.387. The number of rotatable bonds is 9. The Morgan fingerprint density at radius 1 is 0.829 bits per heavy atom. The summed E-state index contributed by atoms with van der Waals surface area (Å²) in [6.45, 7) is 2.28. The lowest BCUT2D eigenvalue weighted by atomic mass is 9.93. The third-order valence-corrected chi connectivity index (χ3v) is 11.2. The third-order valence-electron chi connectivity index (χ3n) is 7.70. The zero-order valence-corrected chi connectivity index (χ0v) is 21.9. The van der Waals surface area contributed by atoms with Crippen LogP contribution in [0.15, 0.2) is 60.7 Å². The Morgan fingerprint density at radius 3 is 2.00 bits per heavy atom. The van der Waals surface area contributed by atoms with Gasteiger partial charge < -0.3 is 0 Å². The molecule has 0 spiro atoms. The van der Waals surface area contributed by atoms with Crippen molar-refractivity contribution < 1.29 is 8.78 Å². The summed E-state index contributed by atoms with van der Waals surface area (Å²) in [6.07, 6.45) is 8.79. The maximum absolute atomic E-state index is 14.9. The van der Waals surface area contributed by atoms with Crippen LogP contribution in [0.2, 0.25) is 18.1 Å². The van der Waals surface area contributed by atoms with Gasteiger partial charge in [0.2, 0.25) is 0 Å². The van der Waals surface area contributed by atoms with Crippen LogP contribution in [0.3, 0.4) is 0 Å². The van der Waals surface area contributed by atoms with Gasteiger partial charge in [-0.1, -0.05) is 99.6 Å². The lowest BCUT2D eigenvalue weighted by Crippen LogP contribution is -2.21. The Balaban J connectivity index is 1.33. The van der Waals surface area contributed by atoms with Gasteiger partial charge in [0.15, 0.2) is 0 Å². The molecule has 0 saturated carbocycles. The van der Waals surface area contributed by atoms with Crippen LogP contribution in [0.5, 0.6) is 0 Å². The molecule has 1 fully saturated rings. The molecule has 0 unspecified atom stereocenters. The molecule has 4 rings (SSSR count). The minimum atomic E-state index is -0.520. The molecule has 35 heavy (non-hydrogen) atoms. The van der Waals surface area contributed by atoms with Gasteiger partial charge in [0, 0.05) is 8.80 Å². The number of hydrogen-bond acceptors (Lipinski definition) is 1. The van der Waals surface area contributed by atoms with Gasteiger partial charge in [0.25, 0.3) is 0 Å². The third kappa shape index (κ3) is 6.67. The molecule has 3 aromatic rings. The summed E-state index contributed by atoms with van der Waals surface area (Å²) in [7, 11) is -0.483. The zero-order chi connectivity index (χ0) is 24.6. The summed E-state index contributed by atoms with van der Waals surface area (Å²) in [6, 6.07) is 24.2. The second-order valence-electron chi connectivity index (χ2n) is 10.1. The normalized spacial score (nSPS) is 17.8. The highest BCUT2D eigenvalue weighted by atomic mass is 28.3. The van der Waals surface area contributed by atoms with Gasteiger partial charge in [-0.15, -0.1) is 0 Å². The lowest BCUT2D eigenvalue weighted by molar-refractivity contribution is 0.433. The van der Waals surface area contributed by atoms with E-state index < -0.39 is 14.6 Å². The van der Waals surface area contributed by atoms with Crippen molar-refractivity contribution in [2.75, 3.05) is 0 Å². The van der Waals surface area contributed by atoms with E-state index in [4.69, 9.17) is 5.26 Å². The SMILES string of the molecule is CCCCC[Si@H]1CC[C@H](CCc2ccc(-c3ccc(-c4ccc(C#N)c(F)c4)cc3)cc2F)CC1. The minimum absolute atomic E-state index is 0.0397. The molecule has 0 aromatic heterocycles. The van der Waals surface area contributed by atoms with Crippen molar-refractivity contribution in [3.63, 3.8) is 0 Å². The second kappa shape index (κ2) is 12.3. The average Bonchev–Trinajstić information content (AvgIpc) is 2.89. The molecular weight excluding hydrogens is 452 g/mol. The zero-order valence-electron chi connectivity index (χ0n) is 20.7. The van der Waals surface area contributed by atoms with Crippen LogP contribution < -0.4 is 0 Å². The Labute approximate surface area is 210 Å². The van der Waals surface area contributed by atoms with Gasteiger partial charge >= 0.3 is 0 Å². The molecule has 1 aliphatic rings. The van der Waals surface area contributed by atoms with Crippen LogP contribution in [0.4, 0.5) is 8.78 Å². The number of unbranched alkanes of at least 4 members (excludes halogenated alkanes) is 2. The number of halogens is 2. The Hall–Kier alpha value is -2.77. The first kappa shape index (κ1) is 25.3. The molecule has 1 saturated heterocycles. The maximum Gasteiger partial charge on any atom is 0.141 e. The second-order valence-corrected chi connectivity index (χ2v) is 13.6. The number of nitriles is 1. The number of aryl methyl sites for hydroxylation is 1. The van der Waals surface area contributed by atoms with Gasteiger partial charge in [0.05, 0.1) is 5.56 Å². The largest absolute Gasteiger partial charge is 0.207 e. The summed E-state index contributed by atoms with van der Waals surface area (Å²) >= 11 is 0. The summed E-state index contributed by atoms with van der Waals surface area (Å²) in [5.41, 5.74) is 4.21. The molecule has 182 valence electrons. The van der Waals surface area contributed by atoms with E-state index in [1.54, 1.807) is 12.1 Å². The highest BCUT2D eigenvalue weighted by molar-refractivity contribution is 6.58. The lowest BCUT2D eigenvalue weighted by Gasteiger charge is -2.27. The van der Waals surface area contributed by atoms with Crippen LogP contribution in [0, 0.1) is 28.9 Å². The summed E-state index contributed by atoms with van der Waals surface area (Å²) in [4.78, 5) is 0. The molecule has 1 aliphatic heterocycles. The fourth-order valence-corrected chi connectivity index (χ4v) is 9.04. The van der Waals surface area contributed by atoms with E-state index in [0.717, 1.165) is 41.0 Å². The highest BCUT2D eigenvalue weighted by Crippen LogP contribution is 2.32. The van der Waals surface area contributed by atoms with E-state index >= 15 is 0 Å². The number of nitrogens with zero attached hydrogens (tertiary/aromatic N) is 1. The van der Waals surface area contributed by atoms with Crippen LogP contribution in [0.1, 0.15) is 56.6 Å². The number of benzene rings is 3. The van der Waals surface area contributed by atoms with Crippen molar-refractivity contribution >= 4 is 8.80 Å². The van der Waals surface area contributed by atoms with Gasteiger partial charge in [-0.05, 0) is 64.8 Å². The van der Waals surface area contributed by atoms with E-state index in [-0.39, 0.29) is 11.4 Å². The molecule has 0 radical (unpaired) electrons. The van der Waals surface area contributed by atoms with E-state index in [0.29, 0.717) is 5.56 Å². The van der Waals surface area contributed by atoms with Gasteiger partial charge in [-0.2, -0.15) is 5.26 Å². The van der Waals surface area contributed by atoms with Crippen molar-refractivity contribution in [2.45, 2.75) is 70.0 Å². The maximum atomic E-state index is 14.9. The summed E-state index contributed by atoms with van der Waals surface area (Å²) < 4.78 is 28.9. The van der Waals surface area contributed by atoms with E-state index in [1.807, 2.05) is 42.5 Å². The summed E-state index contributed by atoms with van der Waals surface area (Å²) in [5, 5.41) is 8.91. The Kier molecular flexibility index (Phi) is 8.88. The van der Waals surface area contributed by atoms with Crippen LogP contribution in [0.25, 0.3) is 22.3 Å². The van der Waals surface area contributed by atoms with E-state index in [2.05, 4.69) is 6.92 Å². The molecule has 0 bridgehead atoms. The van der Waals surface area contributed by atoms with E-state index in [1.165, 1.54) is 62.4 Å². The topological polar surface area (TPSA) is 23.8 Å². The van der Waals surface area contributed by atoms with Gasteiger partial charge in [-0.3, -0.25) is 0 Å². The predicted molar refractivity (Wildman–Crippen MR) is 144 cm³/mol. The molecule has 4 heteroatoms. The first-order valence-electron chi connectivity index (χ1n) is 13.2.